The van der Waals surface area contributed by atoms with Gasteiger partial charge in [-0.05, 0) is 25.8 Å². The summed E-state index contributed by atoms with van der Waals surface area (Å²) in [5.74, 6) is 0.0748. The lowest BCUT2D eigenvalue weighted by Gasteiger charge is -2.48. The van der Waals surface area contributed by atoms with Crippen LogP contribution in [0.4, 0.5) is 0 Å². The van der Waals surface area contributed by atoms with Gasteiger partial charge in [0.05, 0.1) is 24.8 Å². The summed E-state index contributed by atoms with van der Waals surface area (Å²) in [7, 11) is 0. The van der Waals surface area contributed by atoms with E-state index in [0.717, 1.165) is 51.7 Å². The lowest BCUT2D eigenvalue weighted by Crippen LogP contribution is -2.62. The number of hydrogen-bond acceptors (Lipinski definition) is 4. The highest BCUT2D eigenvalue weighted by molar-refractivity contribution is 5.86. The molecule has 0 spiro atoms. The molecule has 3 aliphatic rings. The van der Waals surface area contributed by atoms with Crippen molar-refractivity contribution in [2.24, 2.45) is 5.41 Å². The molecule has 21 heavy (non-hydrogen) atoms. The number of likely N-dealkylation sites (tertiary alicyclic amines) is 1. The van der Waals surface area contributed by atoms with E-state index in [1.165, 1.54) is 0 Å². The first-order valence-electron chi connectivity index (χ1n) is 8.26. The summed E-state index contributed by atoms with van der Waals surface area (Å²) >= 11 is 0. The average molecular weight is 291 g/mol. The van der Waals surface area contributed by atoms with E-state index in [0.29, 0.717) is 13.2 Å². The van der Waals surface area contributed by atoms with E-state index in [2.05, 4.69) is 17.9 Å². The standard InChI is InChI=1S/C16H25N3O2/c1-2-18-8-5-13-14(11-18)21-10-9-19(13)15(20)16(12-17)6-3-4-7-16/h13-14H,2-11H2,1H3/t13-,14-/m1/s1. The SMILES string of the molecule is CCN1CC[C@@H]2[C@@H](C1)OCCN2C(=O)C1(C#N)CCCC1. The normalized spacial score (nSPS) is 32.5. The molecule has 2 aliphatic heterocycles. The van der Waals surface area contributed by atoms with Crippen LogP contribution in [0.5, 0.6) is 0 Å². The summed E-state index contributed by atoms with van der Waals surface area (Å²) < 4.78 is 5.91. The molecule has 2 heterocycles. The Hall–Kier alpha value is -1.12. The molecule has 0 aromatic heterocycles. The number of ether oxygens (including phenoxy) is 1. The molecule has 5 nitrogen and oxygen atoms in total. The minimum atomic E-state index is -0.746. The van der Waals surface area contributed by atoms with Gasteiger partial charge in [0.2, 0.25) is 5.91 Å². The maximum atomic E-state index is 13.0. The first kappa shape index (κ1) is 14.8. The van der Waals surface area contributed by atoms with Gasteiger partial charge in [-0.1, -0.05) is 19.8 Å². The molecule has 1 aliphatic carbocycles. The third-order valence-electron chi connectivity index (χ3n) is 5.46. The number of likely N-dealkylation sites (N-methyl/N-ethyl adjacent to an activating group) is 1. The van der Waals surface area contributed by atoms with Gasteiger partial charge in [0.1, 0.15) is 5.41 Å². The van der Waals surface area contributed by atoms with Gasteiger partial charge >= 0.3 is 0 Å². The smallest absolute Gasteiger partial charge is 0.243 e. The van der Waals surface area contributed by atoms with Crippen molar-refractivity contribution in [2.75, 3.05) is 32.8 Å². The number of fused-ring (bicyclic) bond motifs is 1. The van der Waals surface area contributed by atoms with E-state index in [9.17, 15) is 10.1 Å². The Morgan fingerprint density at radius 1 is 1.38 bits per heavy atom. The van der Waals surface area contributed by atoms with Crippen LogP contribution in [-0.4, -0.2) is 60.6 Å². The van der Waals surface area contributed by atoms with E-state index >= 15 is 0 Å². The maximum Gasteiger partial charge on any atom is 0.243 e. The van der Waals surface area contributed by atoms with Crippen LogP contribution >= 0.6 is 0 Å². The Bertz CT molecular complexity index is 439. The molecule has 0 unspecified atom stereocenters. The van der Waals surface area contributed by atoms with Crippen LogP contribution in [0, 0.1) is 16.7 Å². The molecule has 5 heteroatoms. The molecule has 0 radical (unpaired) electrons. The predicted octanol–water partition coefficient (Wildman–Crippen LogP) is 1.39. The number of carbonyl (C=O) groups excluding carboxylic acids is 1. The van der Waals surface area contributed by atoms with Crippen molar-refractivity contribution in [3.05, 3.63) is 0 Å². The average Bonchev–Trinajstić information content (AvgIpc) is 3.03. The molecule has 0 N–H and O–H groups in total. The Morgan fingerprint density at radius 3 is 2.81 bits per heavy atom. The Kier molecular flexibility index (Phi) is 4.19. The summed E-state index contributed by atoms with van der Waals surface area (Å²) in [6.07, 6.45) is 4.55. The van der Waals surface area contributed by atoms with Gasteiger partial charge in [-0.3, -0.25) is 4.79 Å². The van der Waals surface area contributed by atoms with Crippen molar-refractivity contribution in [1.82, 2.24) is 9.80 Å². The van der Waals surface area contributed by atoms with E-state index in [-0.39, 0.29) is 18.1 Å². The lowest BCUT2D eigenvalue weighted by atomic mass is 9.84. The molecule has 0 aromatic rings. The second-order valence-corrected chi connectivity index (χ2v) is 6.56. The zero-order chi connectivity index (χ0) is 14.9. The van der Waals surface area contributed by atoms with Gasteiger partial charge in [0.25, 0.3) is 0 Å². The van der Waals surface area contributed by atoms with Crippen LogP contribution in [0.15, 0.2) is 0 Å². The first-order valence-corrected chi connectivity index (χ1v) is 8.26. The van der Waals surface area contributed by atoms with Crippen LogP contribution < -0.4 is 0 Å². The molecular formula is C16H25N3O2. The number of hydrogen-bond donors (Lipinski definition) is 0. The van der Waals surface area contributed by atoms with E-state index < -0.39 is 5.41 Å². The number of carbonyl (C=O) groups is 1. The molecule has 1 saturated carbocycles. The minimum absolute atomic E-state index is 0.0748. The lowest BCUT2D eigenvalue weighted by molar-refractivity contribution is -0.159. The summed E-state index contributed by atoms with van der Waals surface area (Å²) in [6, 6.07) is 2.51. The number of rotatable bonds is 2. The van der Waals surface area contributed by atoms with Gasteiger partial charge in [-0.2, -0.15) is 5.26 Å². The Morgan fingerprint density at radius 2 is 2.14 bits per heavy atom. The van der Waals surface area contributed by atoms with Gasteiger partial charge in [-0.25, -0.2) is 0 Å². The Balaban J connectivity index is 1.76. The van der Waals surface area contributed by atoms with Gasteiger partial charge < -0.3 is 14.5 Å². The molecule has 2 saturated heterocycles. The number of piperidine rings is 1. The topological polar surface area (TPSA) is 56.6 Å². The van der Waals surface area contributed by atoms with Crippen LogP contribution in [0.3, 0.4) is 0 Å². The van der Waals surface area contributed by atoms with Crippen LogP contribution in [0.1, 0.15) is 39.0 Å². The zero-order valence-corrected chi connectivity index (χ0v) is 12.9. The second kappa shape index (κ2) is 5.94. The molecule has 3 fully saturated rings. The zero-order valence-electron chi connectivity index (χ0n) is 12.9. The molecule has 3 rings (SSSR count). The van der Waals surface area contributed by atoms with Gasteiger partial charge in [0, 0.05) is 19.6 Å². The fraction of sp³-hybridized carbons (Fsp3) is 0.875. The first-order chi connectivity index (χ1) is 10.2. The molecule has 1 amide bonds. The van der Waals surface area contributed by atoms with Crippen LogP contribution in [0.25, 0.3) is 0 Å². The highest BCUT2D eigenvalue weighted by Crippen LogP contribution is 2.40. The van der Waals surface area contributed by atoms with E-state index in [1.807, 2.05) is 4.90 Å². The Labute approximate surface area is 126 Å². The van der Waals surface area contributed by atoms with Crippen molar-refractivity contribution in [2.45, 2.75) is 51.2 Å². The largest absolute Gasteiger partial charge is 0.373 e. The quantitative estimate of drug-likeness (QED) is 0.771. The number of amides is 1. The van der Waals surface area contributed by atoms with Crippen LogP contribution in [-0.2, 0) is 9.53 Å². The number of morpholine rings is 1. The third-order valence-corrected chi connectivity index (χ3v) is 5.46. The van der Waals surface area contributed by atoms with Crippen molar-refractivity contribution < 1.29 is 9.53 Å². The molecule has 2 atom stereocenters. The summed E-state index contributed by atoms with van der Waals surface area (Å²) in [5, 5.41) is 9.56. The predicted molar refractivity (Wildman–Crippen MR) is 78.5 cm³/mol. The van der Waals surface area contributed by atoms with E-state index in [4.69, 9.17) is 4.74 Å². The summed E-state index contributed by atoms with van der Waals surface area (Å²) in [4.78, 5) is 17.4. The highest BCUT2D eigenvalue weighted by Gasteiger charge is 2.48. The van der Waals surface area contributed by atoms with Crippen LogP contribution in [0.2, 0.25) is 0 Å². The number of nitriles is 1. The second-order valence-electron chi connectivity index (χ2n) is 6.56. The van der Waals surface area contributed by atoms with Gasteiger partial charge in [-0.15, -0.1) is 0 Å². The van der Waals surface area contributed by atoms with E-state index in [1.54, 1.807) is 0 Å². The summed E-state index contributed by atoms with van der Waals surface area (Å²) in [5.41, 5.74) is -0.746. The summed E-state index contributed by atoms with van der Waals surface area (Å²) in [6.45, 7) is 6.37. The van der Waals surface area contributed by atoms with Gasteiger partial charge in [0.15, 0.2) is 0 Å². The fourth-order valence-electron chi connectivity index (χ4n) is 4.12. The highest BCUT2D eigenvalue weighted by atomic mass is 16.5. The molecular weight excluding hydrogens is 266 g/mol. The fourth-order valence-corrected chi connectivity index (χ4v) is 4.12. The molecule has 0 aromatic carbocycles. The van der Waals surface area contributed by atoms with Crippen molar-refractivity contribution in [3.63, 3.8) is 0 Å². The maximum absolute atomic E-state index is 13.0. The monoisotopic (exact) mass is 291 g/mol. The van der Waals surface area contributed by atoms with Crippen molar-refractivity contribution in [1.29, 1.82) is 5.26 Å². The molecule has 116 valence electrons. The van der Waals surface area contributed by atoms with Crippen molar-refractivity contribution >= 4 is 5.91 Å². The van der Waals surface area contributed by atoms with Crippen molar-refractivity contribution in [3.8, 4) is 6.07 Å². The third kappa shape index (κ3) is 2.56. The molecule has 0 bridgehead atoms. The number of nitrogens with zero attached hydrogens (tertiary/aromatic N) is 3. The minimum Gasteiger partial charge on any atom is -0.373 e.